The van der Waals surface area contributed by atoms with Crippen molar-refractivity contribution in [3.8, 4) is 5.75 Å². The van der Waals surface area contributed by atoms with Crippen LogP contribution in [0, 0.1) is 13.8 Å². The molecular weight excluding hydrogens is 440 g/mol. The molecule has 0 saturated carbocycles. The second-order valence-electron chi connectivity index (χ2n) is 9.77. The van der Waals surface area contributed by atoms with E-state index in [9.17, 15) is 0 Å². The van der Waals surface area contributed by atoms with Crippen LogP contribution in [0.4, 0.5) is 5.69 Å². The number of benzene rings is 3. The van der Waals surface area contributed by atoms with E-state index >= 15 is 0 Å². The van der Waals surface area contributed by atoms with Gasteiger partial charge >= 0.3 is 0 Å². The standard InChI is InChI=1S/C30H37ClN2O/c1-22(2)25-19-23(3)20-26(21-25)34-30(27-10-6-5-9-24(27)4)13-14-32-15-17-33(18-16-32)29-12-8-7-11-28(29)31/h5-12,19-22,30H,13-18H2,1-4H3/t30-/m0/s1. The zero-order chi connectivity index (χ0) is 24.1. The van der Waals surface area contributed by atoms with Gasteiger partial charge in [-0.2, -0.15) is 0 Å². The molecule has 180 valence electrons. The molecule has 0 unspecified atom stereocenters. The van der Waals surface area contributed by atoms with Gasteiger partial charge in [-0.25, -0.2) is 0 Å². The molecule has 0 bridgehead atoms. The first-order valence-electron chi connectivity index (χ1n) is 12.5. The Labute approximate surface area is 210 Å². The maximum Gasteiger partial charge on any atom is 0.125 e. The smallest absolute Gasteiger partial charge is 0.125 e. The summed E-state index contributed by atoms with van der Waals surface area (Å²) in [6.45, 7) is 13.9. The fourth-order valence-corrected chi connectivity index (χ4v) is 5.04. The van der Waals surface area contributed by atoms with Crippen molar-refractivity contribution in [1.82, 2.24) is 4.90 Å². The lowest BCUT2D eigenvalue weighted by molar-refractivity contribution is 0.159. The zero-order valence-electron chi connectivity index (χ0n) is 20.9. The molecule has 1 fully saturated rings. The van der Waals surface area contributed by atoms with Crippen LogP contribution in [0.1, 0.15) is 54.5 Å². The fourth-order valence-electron chi connectivity index (χ4n) is 4.79. The quantitative estimate of drug-likeness (QED) is 0.336. The minimum Gasteiger partial charge on any atom is -0.486 e. The molecule has 3 aromatic carbocycles. The maximum atomic E-state index is 6.70. The van der Waals surface area contributed by atoms with Crippen LogP contribution >= 0.6 is 11.6 Å². The average molecular weight is 477 g/mol. The van der Waals surface area contributed by atoms with Crippen molar-refractivity contribution < 1.29 is 4.74 Å². The number of rotatable bonds is 8. The first-order chi connectivity index (χ1) is 16.4. The van der Waals surface area contributed by atoms with E-state index in [0.29, 0.717) is 5.92 Å². The van der Waals surface area contributed by atoms with Gasteiger partial charge in [0.05, 0.1) is 10.7 Å². The second-order valence-corrected chi connectivity index (χ2v) is 10.2. The van der Waals surface area contributed by atoms with Crippen molar-refractivity contribution in [2.24, 2.45) is 0 Å². The van der Waals surface area contributed by atoms with E-state index in [1.54, 1.807) is 0 Å². The second kappa shape index (κ2) is 11.3. The molecule has 1 heterocycles. The molecule has 0 amide bonds. The van der Waals surface area contributed by atoms with Crippen LogP contribution in [0.15, 0.2) is 66.7 Å². The van der Waals surface area contributed by atoms with Crippen LogP contribution in [0.2, 0.25) is 5.02 Å². The monoisotopic (exact) mass is 476 g/mol. The van der Waals surface area contributed by atoms with Crippen LogP contribution < -0.4 is 9.64 Å². The summed E-state index contributed by atoms with van der Waals surface area (Å²) in [5.41, 5.74) is 6.29. The number of hydrogen-bond donors (Lipinski definition) is 0. The predicted octanol–water partition coefficient (Wildman–Crippen LogP) is 7.41. The molecule has 4 heteroatoms. The molecule has 0 radical (unpaired) electrons. The normalized spacial score (nSPS) is 15.5. The van der Waals surface area contributed by atoms with E-state index in [4.69, 9.17) is 16.3 Å². The Morgan fingerprint density at radius 1 is 0.882 bits per heavy atom. The van der Waals surface area contributed by atoms with E-state index in [2.05, 4.69) is 92.1 Å². The largest absolute Gasteiger partial charge is 0.486 e. The zero-order valence-corrected chi connectivity index (χ0v) is 21.7. The average Bonchev–Trinajstić information content (AvgIpc) is 2.82. The van der Waals surface area contributed by atoms with Crippen LogP contribution in [-0.2, 0) is 0 Å². The number of piperazine rings is 1. The van der Waals surface area contributed by atoms with E-state index in [0.717, 1.165) is 55.6 Å². The summed E-state index contributed by atoms with van der Waals surface area (Å²) in [5, 5.41) is 0.836. The fraction of sp³-hybridized carbons (Fsp3) is 0.400. The lowest BCUT2D eigenvalue weighted by Crippen LogP contribution is -2.47. The van der Waals surface area contributed by atoms with Crippen molar-refractivity contribution in [3.05, 3.63) is 94.0 Å². The Balaban J connectivity index is 1.44. The van der Waals surface area contributed by atoms with Crippen molar-refractivity contribution >= 4 is 17.3 Å². The number of ether oxygens (including phenoxy) is 1. The first kappa shape index (κ1) is 24.6. The number of para-hydroxylation sites is 1. The summed E-state index contributed by atoms with van der Waals surface area (Å²) in [7, 11) is 0. The van der Waals surface area contributed by atoms with Gasteiger partial charge in [0, 0.05) is 39.1 Å². The Morgan fingerprint density at radius 3 is 2.29 bits per heavy atom. The highest BCUT2D eigenvalue weighted by Gasteiger charge is 2.22. The molecule has 3 nitrogen and oxygen atoms in total. The van der Waals surface area contributed by atoms with Gasteiger partial charge in [0.1, 0.15) is 11.9 Å². The number of halogens is 1. The minimum absolute atomic E-state index is 0.0320. The summed E-state index contributed by atoms with van der Waals surface area (Å²) in [5.74, 6) is 1.45. The van der Waals surface area contributed by atoms with Crippen molar-refractivity contribution in [2.45, 2.75) is 46.1 Å². The van der Waals surface area contributed by atoms with Gasteiger partial charge in [-0.15, -0.1) is 0 Å². The molecule has 4 rings (SSSR count). The summed E-state index contributed by atoms with van der Waals surface area (Å²) in [4.78, 5) is 4.95. The molecule has 1 aliphatic heterocycles. The lowest BCUT2D eigenvalue weighted by atomic mass is 9.99. The third-order valence-corrected chi connectivity index (χ3v) is 7.15. The Bertz CT molecular complexity index is 1090. The Morgan fingerprint density at radius 2 is 1.59 bits per heavy atom. The van der Waals surface area contributed by atoms with Crippen molar-refractivity contribution in [3.63, 3.8) is 0 Å². The van der Waals surface area contributed by atoms with Crippen molar-refractivity contribution in [2.75, 3.05) is 37.6 Å². The predicted molar refractivity (Wildman–Crippen MR) is 145 cm³/mol. The SMILES string of the molecule is Cc1cc(O[C@@H](CCN2CCN(c3ccccc3Cl)CC2)c2ccccc2C)cc(C(C)C)c1. The van der Waals surface area contributed by atoms with Crippen LogP contribution in [-0.4, -0.2) is 37.6 Å². The van der Waals surface area contributed by atoms with Gasteiger partial charge in [0.15, 0.2) is 0 Å². The molecule has 1 aliphatic rings. The molecular formula is C30H37ClN2O. The van der Waals surface area contributed by atoms with Crippen LogP contribution in [0.3, 0.4) is 0 Å². The minimum atomic E-state index is 0.0320. The van der Waals surface area contributed by atoms with Gasteiger partial charge in [-0.1, -0.05) is 67.9 Å². The van der Waals surface area contributed by atoms with Gasteiger partial charge in [0.25, 0.3) is 0 Å². The highest BCUT2D eigenvalue weighted by molar-refractivity contribution is 6.33. The number of nitrogens with zero attached hydrogens (tertiary/aromatic N) is 2. The van der Waals surface area contributed by atoms with Crippen LogP contribution in [0.5, 0.6) is 5.75 Å². The summed E-state index contributed by atoms with van der Waals surface area (Å²) >= 11 is 6.43. The molecule has 0 aliphatic carbocycles. The molecule has 34 heavy (non-hydrogen) atoms. The summed E-state index contributed by atoms with van der Waals surface area (Å²) in [6, 6.07) is 23.4. The van der Waals surface area contributed by atoms with E-state index in [1.165, 1.54) is 22.3 Å². The molecule has 1 saturated heterocycles. The van der Waals surface area contributed by atoms with Gasteiger partial charge in [0.2, 0.25) is 0 Å². The van der Waals surface area contributed by atoms with Crippen molar-refractivity contribution in [1.29, 1.82) is 0 Å². The number of hydrogen-bond acceptors (Lipinski definition) is 3. The van der Waals surface area contributed by atoms with E-state index in [1.807, 2.05) is 12.1 Å². The van der Waals surface area contributed by atoms with E-state index < -0.39 is 0 Å². The summed E-state index contributed by atoms with van der Waals surface area (Å²) < 4.78 is 6.70. The van der Waals surface area contributed by atoms with Gasteiger partial charge in [-0.05, 0) is 66.3 Å². The van der Waals surface area contributed by atoms with Gasteiger partial charge < -0.3 is 9.64 Å². The molecule has 0 N–H and O–H groups in total. The number of anilines is 1. The van der Waals surface area contributed by atoms with Gasteiger partial charge in [-0.3, -0.25) is 4.90 Å². The highest BCUT2D eigenvalue weighted by Crippen LogP contribution is 2.31. The lowest BCUT2D eigenvalue weighted by Gasteiger charge is -2.37. The van der Waals surface area contributed by atoms with E-state index in [-0.39, 0.29) is 6.10 Å². The summed E-state index contributed by atoms with van der Waals surface area (Å²) in [6.07, 6.45) is 0.992. The third-order valence-electron chi connectivity index (χ3n) is 6.83. The third kappa shape index (κ3) is 6.14. The maximum absolute atomic E-state index is 6.70. The highest BCUT2D eigenvalue weighted by atomic mass is 35.5. The molecule has 1 atom stereocenters. The Hall–Kier alpha value is -2.49. The molecule has 0 aromatic heterocycles. The topological polar surface area (TPSA) is 15.7 Å². The molecule has 3 aromatic rings. The Kier molecular flexibility index (Phi) is 8.18. The van der Waals surface area contributed by atoms with Crippen LogP contribution in [0.25, 0.3) is 0 Å². The number of aryl methyl sites for hydroxylation is 2. The first-order valence-corrected chi connectivity index (χ1v) is 12.8. The molecule has 0 spiro atoms.